The second-order valence-corrected chi connectivity index (χ2v) is 4.39. The van der Waals surface area contributed by atoms with E-state index in [2.05, 4.69) is 5.32 Å². The molecule has 0 radical (unpaired) electrons. The molecule has 0 aliphatic rings. The smallest absolute Gasteiger partial charge is 0.376 e. The molecule has 92 valence electrons. The fraction of sp³-hybridized carbons (Fsp3) is 0.385. The maximum atomic E-state index is 11.5. The van der Waals surface area contributed by atoms with Crippen LogP contribution in [0.5, 0.6) is 0 Å². The van der Waals surface area contributed by atoms with Crippen molar-refractivity contribution in [1.29, 1.82) is 0 Å². The molecule has 1 aromatic carbocycles. The molecule has 0 saturated carbocycles. The van der Waals surface area contributed by atoms with Crippen molar-refractivity contribution >= 4 is 18.0 Å². The number of benzene rings is 1. The first-order valence-corrected chi connectivity index (χ1v) is 5.46. The van der Waals surface area contributed by atoms with Gasteiger partial charge in [-0.05, 0) is 5.92 Å². The number of urea groups is 1. The van der Waals surface area contributed by atoms with Crippen LogP contribution in [0.15, 0.2) is 18.2 Å². The van der Waals surface area contributed by atoms with Crippen LogP contribution in [0.3, 0.4) is 0 Å². The van der Waals surface area contributed by atoms with Gasteiger partial charge in [-0.25, -0.2) is 4.79 Å². The molecule has 1 rings (SSSR count). The van der Waals surface area contributed by atoms with Gasteiger partial charge >= 0.3 is 24.9 Å². The molecule has 0 bridgehead atoms. The molecule has 4 nitrogen and oxygen atoms in total. The van der Waals surface area contributed by atoms with Crippen LogP contribution in [0, 0.1) is 0 Å². The number of anilines is 1. The van der Waals surface area contributed by atoms with Gasteiger partial charge in [-0.3, -0.25) is 0 Å². The van der Waals surface area contributed by atoms with E-state index in [-0.39, 0.29) is 24.9 Å². The van der Waals surface area contributed by atoms with Crippen molar-refractivity contribution in [3.8, 4) is 0 Å². The number of rotatable bonds is 3. The summed E-state index contributed by atoms with van der Waals surface area (Å²) < 4.78 is 0. The first kappa shape index (κ1) is 16.8. The zero-order chi connectivity index (χ0) is 13.0. The van der Waals surface area contributed by atoms with Gasteiger partial charge in [0.05, 0.1) is 6.29 Å². The average Bonchev–Trinajstić information content (AvgIpc) is 2.28. The van der Waals surface area contributed by atoms with Gasteiger partial charge in [0, 0.05) is 14.1 Å². The molecule has 2 amide bonds. The summed E-state index contributed by atoms with van der Waals surface area (Å²) in [7, 11) is 3.28. The molecule has 0 saturated heterocycles. The van der Waals surface area contributed by atoms with Gasteiger partial charge in [-0.2, -0.15) is 6.07 Å². The van der Waals surface area contributed by atoms with E-state index in [1.54, 1.807) is 26.2 Å². The number of carbonyl (C=O) groups is 1. The second kappa shape index (κ2) is 7.25. The number of hydrogen-bond donors (Lipinski definition) is 1. The van der Waals surface area contributed by atoms with E-state index in [9.17, 15) is 9.59 Å². The molecular formula is C13H17LiN2O2. The fourth-order valence-corrected chi connectivity index (χ4v) is 1.34. The van der Waals surface area contributed by atoms with Gasteiger partial charge in [0.1, 0.15) is 0 Å². The fourth-order valence-electron chi connectivity index (χ4n) is 1.34. The minimum Gasteiger partial charge on any atom is -0.376 e. The predicted octanol–water partition coefficient (Wildman–Crippen LogP) is -0.635. The van der Waals surface area contributed by atoms with Crippen molar-refractivity contribution in [3.63, 3.8) is 0 Å². The van der Waals surface area contributed by atoms with Crippen molar-refractivity contribution < 1.29 is 28.4 Å². The minimum absolute atomic E-state index is 0. The Morgan fingerprint density at radius 3 is 2.39 bits per heavy atom. The molecule has 0 aliphatic carbocycles. The molecule has 0 fully saturated rings. The molecular weight excluding hydrogens is 223 g/mol. The third-order valence-corrected chi connectivity index (χ3v) is 2.47. The molecule has 18 heavy (non-hydrogen) atoms. The molecule has 0 spiro atoms. The first-order chi connectivity index (χ1) is 7.95. The van der Waals surface area contributed by atoms with E-state index in [1.807, 2.05) is 26.2 Å². The largest absolute Gasteiger partial charge is 1.00 e. The summed E-state index contributed by atoms with van der Waals surface area (Å²) in [6.45, 7) is 4.09. The maximum absolute atomic E-state index is 11.5. The second-order valence-electron chi connectivity index (χ2n) is 4.39. The van der Waals surface area contributed by atoms with E-state index < -0.39 is 0 Å². The quantitative estimate of drug-likeness (QED) is 0.564. The normalized spacial score (nSPS) is 9.61. The van der Waals surface area contributed by atoms with Crippen molar-refractivity contribution in [2.45, 2.75) is 19.8 Å². The van der Waals surface area contributed by atoms with E-state index >= 15 is 0 Å². The molecule has 0 atom stereocenters. The Labute approximate surface area is 120 Å². The topological polar surface area (TPSA) is 49.4 Å². The summed E-state index contributed by atoms with van der Waals surface area (Å²) >= 11 is 0. The zero-order valence-electron chi connectivity index (χ0n) is 11.6. The molecule has 1 N–H and O–H groups in total. The third kappa shape index (κ3) is 4.21. The minimum atomic E-state index is -0.265. The van der Waals surface area contributed by atoms with Gasteiger partial charge in [-0.1, -0.05) is 31.7 Å². The molecule has 0 unspecified atom stereocenters. The van der Waals surface area contributed by atoms with Crippen LogP contribution in [0.1, 0.15) is 30.9 Å². The van der Waals surface area contributed by atoms with Crippen molar-refractivity contribution in [2.75, 3.05) is 19.4 Å². The van der Waals surface area contributed by atoms with E-state index in [0.29, 0.717) is 17.2 Å². The van der Waals surface area contributed by atoms with Gasteiger partial charge in [0.15, 0.2) is 0 Å². The summed E-state index contributed by atoms with van der Waals surface area (Å²) in [6.07, 6.45) is 1.85. The maximum Gasteiger partial charge on any atom is 1.00 e. The standard InChI is InChI=1S/C13H17N2O2.Li/c1-9(2)10-5-6-12(11(7-10)8-16)14-13(17)15(3)4;/h5-7,9H,1-4H3,(H,14,17);/q-1;+1. The SMILES string of the molecule is CC(C)c1ccc(NC(=O)N(C)C)c([C-]=O)c1.[Li+]. The first-order valence-electron chi connectivity index (χ1n) is 5.46. The van der Waals surface area contributed by atoms with Gasteiger partial charge in [-0.15, -0.1) is 11.1 Å². The van der Waals surface area contributed by atoms with Crippen molar-refractivity contribution in [2.24, 2.45) is 0 Å². The van der Waals surface area contributed by atoms with Gasteiger partial charge < -0.3 is 15.0 Å². The number of carbonyl (C=O) groups excluding carboxylic acids is 2. The summed E-state index contributed by atoms with van der Waals surface area (Å²) in [4.78, 5) is 23.8. The van der Waals surface area contributed by atoms with Crippen molar-refractivity contribution in [3.05, 3.63) is 29.3 Å². The van der Waals surface area contributed by atoms with Crippen LogP contribution in [-0.4, -0.2) is 31.3 Å². The molecule has 0 heterocycles. The number of nitrogens with zero attached hydrogens (tertiary/aromatic N) is 1. The Morgan fingerprint density at radius 1 is 1.33 bits per heavy atom. The van der Waals surface area contributed by atoms with Crippen LogP contribution in [-0.2, 0) is 4.79 Å². The van der Waals surface area contributed by atoms with Gasteiger partial charge in [0.2, 0.25) is 0 Å². The predicted molar refractivity (Wildman–Crippen MR) is 68.0 cm³/mol. The number of nitrogens with one attached hydrogen (secondary N) is 1. The summed E-state index contributed by atoms with van der Waals surface area (Å²) in [5.41, 5.74) is 1.92. The molecule has 0 aromatic heterocycles. The Hall–Kier alpha value is -1.24. The van der Waals surface area contributed by atoms with Gasteiger partial charge in [0.25, 0.3) is 0 Å². The average molecular weight is 240 g/mol. The van der Waals surface area contributed by atoms with Crippen LogP contribution in [0.25, 0.3) is 0 Å². The van der Waals surface area contributed by atoms with E-state index in [0.717, 1.165) is 5.56 Å². The summed E-state index contributed by atoms with van der Waals surface area (Å²) in [6, 6.07) is 5.12. The Morgan fingerprint density at radius 2 is 1.94 bits per heavy atom. The van der Waals surface area contributed by atoms with Crippen LogP contribution < -0.4 is 24.2 Å². The Kier molecular flexibility index (Phi) is 6.75. The monoisotopic (exact) mass is 240 g/mol. The Balaban J connectivity index is 0.00000289. The number of hydrogen-bond acceptors (Lipinski definition) is 2. The van der Waals surface area contributed by atoms with E-state index in [4.69, 9.17) is 0 Å². The zero-order valence-corrected chi connectivity index (χ0v) is 11.6. The molecule has 1 aromatic rings. The summed E-state index contributed by atoms with van der Waals surface area (Å²) in [5, 5.41) is 2.65. The third-order valence-electron chi connectivity index (χ3n) is 2.47. The van der Waals surface area contributed by atoms with Crippen molar-refractivity contribution in [1.82, 2.24) is 4.90 Å². The molecule has 0 aliphatic heterocycles. The Bertz CT molecular complexity index is 431. The van der Waals surface area contributed by atoms with Crippen LogP contribution >= 0.6 is 0 Å². The number of amides is 2. The van der Waals surface area contributed by atoms with Crippen LogP contribution in [0.2, 0.25) is 0 Å². The van der Waals surface area contributed by atoms with E-state index in [1.165, 1.54) is 4.90 Å². The van der Waals surface area contributed by atoms with Crippen LogP contribution in [0.4, 0.5) is 10.5 Å². The summed E-state index contributed by atoms with van der Waals surface area (Å²) in [5.74, 6) is 0.334. The molecule has 5 heteroatoms.